The molecule has 0 aliphatic carbocycles. The smallest absolute Gasteiger partial charge is 0.322 e. The first-order valence-electron chi connectivity index (χ1n) is 7.07. The standard InChI is InChI=1S/C14H29NO2/c1-4-7-9-12(6-3)11-17-14(16)13(15)10-8-5-2/h12-13H,4-11,15H2,1-3H3. The van der Waals surface area contributed by atoms with Gasteiger partial charge in [0.1, 0.15) is 6.04 Å². The maximum Gasteiger partial charge on any atom is 0.322 e. The highest BCUT2D eigenvalue weighted by Gasteiger charge is 2.16. The van der Waals surface area contributed by atoms with Crippen LogP contribution < -0.4 is 5.73 Å². The number of hydrogen-bond acceptors (Lipinski definition) is 3. The molecule has 0 radical (unpaired) electrons. The fourth-order valence-electron chi connectivity index (χ4n) is 1.75. The molecule has 0 fully saturated rings. The SMILES string of the molecule is CCCCC(CC)COC(=O)C(N)CCCC. The molecule has 2 N–H and O–H groups in total. The zero-order chi connectivity index (χ0) is 13.1. The average Bonchev–Trinajstić information content (AvgIpc) is 2.35. The second-order valence-corrected chi connectivity index (χ2v) is 4.80. The van der Waals surface area contributed by atoms with E-state index >= 15 is 0 Å². The van der Waals surface area contributed by atoms with Crippen LogP contribution in [0.15, 0.2) is 0 Å². The van der Waals surface area contributed by atoms with Crippen LogP contribution in [-0.2, 0) is 9.53 Å². The lowest BCUT2D eigenvalue weighted by atomic mass is 10.0. The van der Waals surface area contributed by atoms with Crippen LogP contribution in [0.5, 0.6) is 0 Å². The van der Waals surface area contributed by atoms with Crippen molar-refractivity contribution in [3.63, 3.8) is 0 Å². The zero-order valence-corrected chi connectivity index (χ0v) is 11.7. The van der Waals surface area contributed by atoms with E-state index in [2.05, 4.69) is 20.8 Å². The lowest BCUT2D eigenvalue weighted by Crippen LogP contribution is -2.33. The van der Waals surface area contributed by atoms with Gasteiger partial charge >= 0.3 is 5.97 Å². The summed E-state index contributed by atoms with van der Waals surface area (Å²) in [4.78, 5) is 11.6. The predicted octanol–water partition coefficient (Wildman–Crippen LogP) is 3.26. The van der Waals surface area contributed by atoms with Gasteiger partial charge in [-0.3, -0.25) is 4.79 Å². The molecule has 0 aliphatic heterocycles. The van der Waals surface area contributed by atoms with Gasteiger partial charge in [0.15, 0.2) is 0 Å². The Morgan fingerprint density at radius 2 is 1.71 bits per heavy atom. The van der Waals surface area contributed by atoms with Crippen LogP contribution in [0.25, 0.3) is 0 Å². The molecule has 0 heterocycles. The molecule has 3 nitrogen and oxygen atoms in total. The fourth-order valence-corrected chi connectivity index (χ4v) is 1.75. The molecule has 0 aromatic carbocycles. The third kappa shape index (κ3) is 8.19. The maximum absolute atomic E-state index is 11.6. The molecular formula is C14H29NO2. The number of nitrogens with two attached hydrogens (primary N) is 1. The van der Waals surface area contributed by atoms with Gasteiger partial charge in [-0.05, 0) is 18.8 Å². The topological polar surface area (TPSA) is 52.3 Å². The minimum absolute atomic E-state index is 0.228. The number of rotatable bonds is 10. The minimum Gasteiger partial charge on any atom is -0.464 e. The van der Waals surface area contributed by atoms with Crippen molar-refractivity contribution in [1.82, 2.24) is 0 Å². The Hall–Kier alpha value is -0.570. The molecule has 0 aromatic heterocycles. The largest absolute Gasteiger partial charge is 0.464 e. The van der Waals surface area contributed by atoms with Crippen LogP contribution in [-0.4, -0.2) is 18.6 Å². The van der Waals surface area contributed by atoms with Crippen LogP contribution in [0.3, 0.4) is 0 Å². The van der Waals surface area contributed by atoms with Crippen molar-refractivity contribution < 1.29 is 9.53 Å². The summed E-state index contributed by atoms with van der Waals surface area (Å²) in [6.45, 7) is 6.95. The summed E-state index contributed by atoms with van der Waals surface area (Å²) in [5.41, 5.74) is 5.76. The molecule has 2 unspecified atom stereocenters. The van der Waals surface area contributed by atoms with E-state index in [4.69, 9.17) is 10.5 Å². The van der Waals surface area contributed by atoms with Crippen molar-refractivity contribution in [2.24, 2.45) is 11.7 Å². The average molecular weight is 243 g/mol. The Kier molecular flexibility index (Phi) is 10.2. The molecule has 2 atom stereocenters. The fraction of sp³-hybridized carbons (Fsp3) is 0.929. The van der Waals surface area contributed by atoms with Crippen molar-refractivity contribution in [2.75, 3.05) is 6.61 Å². The molecule has 0 spiro atoms. The first kappa shape index (κ1) is 16.4. The third-order valence-corrected chi connectivity index (χ3v) is 3.18. The summed E-state index contributed by atoms with van der Waals surface area (Å²) >= 11 is 0. The van der Waals surface area contributed by atoms with E-state index in [1.54, 1.807) is 0 Å². The van der Waals surface area contributed by atoms with Gasteiger partial charge in [-0.15, -0.1) is 0 Å². The lowest BCUT2D eigenvalue weighted by molar-refractivity contribution is -0.146. The molecule has 0 amide bonds. The van der Waals surface area contributed by atoms with E-state index in [0.717, 1.165) is 32.1 Å². The summed E-state index contributed by atoms with van der Waals surface area (Å²) in [5, 5.41) is 0. The van der Waals surface area contributed by atoms with Crippen LogP contribution in [0.2, 0.25) is 0 Å². The summed E-state index contributed by atoms with van der Waals surface area (Å²) in [6.07, 6.45) is 7.40. The zero-order valence-electron chi connectivity index (χ0n) is 11.7. The summed E-state index contributed by atoms with van der Waals surface area (Å²) in [7, 11) is 0. The van der Waals surface area contributed by atoms with E-state index in [1.807, 2.05) is 0 Å². The van der Waals surface area contributed by atoms with E-state index in [-0.39, 0.29) is 5.97 Å². The third-order valence-electron chi connectivity index (χ3n) is 3.18. The van der Waals surface area contributed by atoms with Crippen LogP contribution in [0, 0.1) is 5.92 Å². The monoisotopic (exact) mass is 243 g/mol. The second kappa shape index (κ2) is 10.6. The van der Waals surface area contributed by atoms with Crippen molar-refractivity contribution in [3.05, 3.63) is 0 Å². The molecule has 0 rings (SSSR count). The number of carbonyl (C=O) groups is 1. The molecule has 0 saturated heterocycles. The van der Waals surface area contributed by atoms with Crippen LogP contribution in [0.4, 0.5) is 0 Å². The molecule has 0 aliphatic rings. The quantitative estimate of drug-likeness (QED) is 0.599. The van der Waals surface area contributed by atoms with E-state index in [1.165, 1.54) is 12.8 Å². The van der Waals surface area contributed by atoms with Gasteiger partial charge in [0, 0.05) is 0 Å². The van der Waals surface area contributed by atoms with Gasteiger partial charge in [0.25, 0.3) is 0 Å². The molecular weight excluding hydrogens is 214 g/mol. The van der Waals surface area contributed by atoms with Gasteiger partial charge in [-0.1, -0.05) is 52.9 Å². The van der Waals surface area contributed by atoms with E-state index in [0.29, 0.717) is 12.5 Å². The Morgan fingerprint density at radius 3 is 2.24 bits per heavy atom. The molecule has 102 valence electrons. The van der Waals surface area contributed by atoms with Crippen molar-refractivity contribution >= 4 is 5.97 Å². The van der Waals surface area contributed by atoms with Crippen molar-refractivity contribution in [1.29, 1.82) is 0 Å². The highest BCUT2D eigenvalue weighted by Crippen LogP contribution is 2.13. The number of carbonyl (C=O) groups excluding carboxylic acids is 1. The summed E-state index contributed by atoms with van der Waals surface area (Å²) in [5.74, 6) is 0.269. The van der Waals surface area contributed by atoms with Gasteiger partial charge in [0.05, 0.1) is 6.61 Å². The minimum atomic E-state index is -0.432. The summed E-state index contributed by atoms with van der Waals surface area (Å²) in [6, 6.07) is -0.432. The number of unbranched alkanes of at least 4 members (excludes halogenated alkanes) is 2. The Bertz CT molecular complexity index is 195. The number of hydrogen-bond donors (Lipinski definition) is 1. The Labute approximate surface area is 106 Å². The number of ether oxygens (including phenoxy) is 1. The predicted molar refractivity (Wildman–Crippen MR) is 71.8 cm³/mol. The lowest BCUT2D eigenvalue weighted by Gasteiger charge is -2.16. The molecule has 3 heteroatoms. The van der Waals surface area contributed by atoms with Crippen LogP contribution >= 0.6 is 0 Å². The number of esters is 1. The van der Waals surface area contributed by atoms with Crippen molar-refractivity contribution in [2.45, 2.75) is 71.8 Å². The van der Waals surface area contributed by atoms with Crippen molar-refractivity contribution in [3.8, 4) is 0 Å². The molecule has 0 aromatic rings. The highest BCUT2D eigenvalue weighted by molar-refractivity contribution is 5.75. The summed E-state index contributed by atoms with van der Waals surface area (Å²) < 4.78 is 5.29. The molecule has 0 saturated carbocycles. The maximum atomic E-state index is 11.6. The Balaban J connectivity index is 3.78. The van der Waals surface area contributed by atoms with Crippen LogP contribution in [0.1, 0.15) is 65.7 Å². The highest BCUT2D eigenvalue weighted by atomic mass is 16.5. The Morgan fingerprint density at radius 1 is 1.12 bits per heavy atom. The normalized spacial score (nSPS) is 14.4. The molecule has 17 heavy (non-hydrogen) atoms. The second-order valence-electron chi connectivity index (χ2n) is 4.80. The molecule has 0 bridgehead atoms. The van der Waals surface area contributed by atoms with Gasteiger partial charge in [-0.2, -0.15) is 0 Å². The van der Waals surface area contributed by atoms with E-state index < -0.39 is 6.04 Å². The first-order valence-corrected chi connectivity index (χ1v) is 7.07. The van der Waals surface area contributed by atoms with Gasteiger partial charge in [-0.25, -0.2) is 0 Å². The van der Waals surface area contributed by atoms with Gasteiger partial charge < -0.3 is 10.5 Å². The first-order chi connectivity index (χ1) is 8.15. The van der Waals surface area contributed by atoms with Gasteiger partial charge in [0.2, 0.25) is 0 Å². The van der Waals surface area contributed by atoms with E-state index in [9.17, 15) is 4.79 Å².